The van der Waals surface area contributed by atoms with E-state index in [9.17, 15) is 18.4 Å². The zero-order valence-corrected chi connectivity index (χ0v) is 22.3. The molecule has 0 radical (unpaired) electrons. The van der Waals surface area contributed by atoms with Crippen LogP contribution in [0.15, 0.2) is 24.4 Å². The van der Waals surface area contributed by atoms with E-state index < -0.39 is 11.3 Å². The molecule has 2 aromatic rings. The topological polar surface area (TPSA) is 78.4 Å². The standard InChI is InChI=1S/C26H28F2IN5O2/c1-33-21-20(25(23(33)36)6-8-26(27,28)9-7-25)31-19(15-30-21)32-22(35)17-3-2-16(29)14-18(17)34-12-10-24(4-5-24)11-13-34/h2-3,14-15H,4-13H2,1H3,(H,31,32,35). The minimum Gasteiger partial charge on any atom is -0.371 e. The Hall–Kier alpha value is -2.37. The number of fused-ring (bicyclic) bond motifs is 2. The van der Waals surface area contributed by atoms with Crippen LogP contribution in [0, 0.1) is 8.99 Å². The Morgan fingerprint density at radius 1 is 1.06 bits per heavy atom. The number of nitrogens with zero attached hydrogens (tertiary/aromatic N) is 4. The van der Waals surface area contributed by atoms with Crippen LogP contribution >= 0.6 is 22.6 Å². The predicted octanol–water partition coefficient (Wildman–Crippen LogP) is 5.14. The van der Waals surface area contributed by atoms with Crippen molar-refractivity contribution < 1.29 is 18.4 Å². The molecule has 1 N–H and O–H groups in total. The molecule has 2 aliphatic carbocycles. The molecule has 2 aliphatic heterocycles. The number of piperidine rings is 1. The van der Waals surface area contributed by atoms with E-state index in [1.807, 2.05) is 18.2 Å². The number of benzene rings is 1. The molecule has 0 atom stereocenters. The van der Waals surface area contributed by atoms with Gasteiger partial charge in [-0.25, -0.2) is 18.7 Å². The largest absolute Gasteiger partial charge is 0.371 e. The van der Waals surface area contributed by atoms with E-state index in [1.54, 1.807) is 7.05 Å². The summed E-state index contributed by atoms with van der Waals surface area (Å²) in [6.07, 6.45) is 5.65. The quantitative estimate of drug-likeness (QED) is 0.490. The van der Waals surface area contributed by atoms with Gasteiger partial charge in [-0.2, -0.15) is 0 Å². The van der Waals surface area contributed by atoms with Crippen LogP contribution in [-0.4, -0.2) is 47.8 Å². The van der Waals surface area contributed by atoms with Gasteiger partial charge in [0.15, 0.2) is 11.6 Å². The molecule has 0 unspecified atom stereocenters. The molecule has 36 heavy (non-hydrogen) atoms. The molecule has 1 aromatic carbocycles. The molecule has 1 aromatic heterocycles. The highest BCUT2D eigenvalue weighted by Gasteiger charge is 2.56. The monoisotopic (exact) mass is 607 g/mol. The Bertz CT molecular complexity index is 1240. The summed E-state index contributed by atoms with van der Waals surface area (Å²) < 4.78 is 28.9. The zero-order chi connectivity index (χ0) is 25.3. The number of likely N-dealkylation sites (N-methyl/N-ethyl adjacent to an activating group) is 1. The SMILES string of the molecule is CN1C(=O)C2(CCC(F)(F)CC2)c2nc(NC(=O)c3ccc(I)cc3N3CCC4(CC3)CC4)cnc21. The fourth-order valence-corrected chi connectivity index (χ4v) is 6.54. The van der Waals surface area contributed by atoms with Gasteiger partial charge in [-0.15, -0.1) is 0 Å². The number of hydrogen-bond acceptors (Lipinski definition) is 5. The lowest BCUT2D eigenvalue weighted by Crippen LogP contribution is -2.44. The van der Waals surface area contributed by atoms with Crippen molar-refractivity contribution >= 4 is 51.7 Å². The van der Waals surface area contributed by atoms with Crippen LogP contribution in [-0.2, 0) is 10.2 Å². The number of anilines is 3. The first-order valence-corrected chi connectivity index (χ1v) is 13.6. The molecule has 10 heteroatoms. The van der Waals surface area contributed by atoms with Crippen molar-refractivity contribution in [2.45, 2.75) is 62.7 Å². The summed E-state index contributed by atoms with van der Waals surface area (Å²) in [6.45, 7) is 1.86. The number of alkyl halides is 2. The minimum absolute atomic E-state index is 0.0139. The predicted molar refractivity (Wildman–Crippen MR) is 141 cm³/mol. The van der Waals surface area contributed by atoms with Crippen molar-refractivity contribution in [3.63, 3.8) is 0 Å². The fourth-order valence-electron chi connectivity index (χ4n) is 6.06. The molecule has 4 aliphatic rings. The Labute approximate surface area is 222 Å². The number of rotatable bonds is 3. The summed E-state index contributed by atoms with van der Waals surface area (Å²) >= 11 is 2.26. The lowest BCUT2D eigenvalue weighted by atomic mass is 9.71. The van der Waals surface area contributed by atoms with Crippen molar-refractivity contribution in [1.29, 1.82) is 0 Å². The Morgan fingerprint density at radius 2 is 1.75 bits per heavy atom. The van der Waals surface area contributed by atoms with E-state index in [2.05, 4.69) is 42.8 Å². The number of amides is 2. The second-order valence-corrected chi connectivity index (χ2v) is 12.1. The summed E-state index contributed by atoms with van der Waals surface area (Å²) in [5.74, 6) is -2.74. The van der Waals surface area contributed by atoms with Crippen LogP contribution in [0.5, 0.6) is 0 Å². The highest BCUT2D eigenvalue weighted by molar-refractivity contribution is 14.1. The van der Waals surface area contributed by atoms with Gasteiger partial charge in [0.25, 0.3) is 5.91 Å². The van der Waals surface area contributed by atoms with Gasteiger partial charge < -0.3 is 10.2 Å². The number of nitrogens with one attached hydrogen (secondary N) is 1. The van der Waals surface area contributed by atoms with Gasteiger partial charge in [-0.1, -0.05) is 0 Å². The average molecular weight is 607 g/mol. The molecular weight excluding hydrogens is 579 g/mol. The van der Waals surface area contributed by atoms with Crippen molar-refractivity contribution in [2.24, 2.45) is 5.41 Å². The maximum absolute atomic E-state index is 13.9. The Balaban J connectivity index is 1.27. The van der Waals surface area contributed by atoms with Crippen molar-refractivity contribution in [3.8, 4) is 0 Å². The van der Waals surface area contributed by atoms with Gasteiger partial charge in [0.1, 0.15) is 5.69 Å². The molecule has 3 fully saturated rings. The fraction of sp³-hybridized carbons (Fsp3) is 0.538. The minimum atomic E-state index is -2.78. The summed E-state index contributed by atoms with van der Waals surface area (Å²) in [7, 11) is 1.60. The molecule has 7 nitrogen and oxygen atoms in total. The van der Waals surface area contributed by atoms with Crippen LogP contribution in [0.4, 0.5) is 26.1 Å². The third kappa shape index (κ3) is 3.95. The molecule has 0 bridgehead atoms. The maximum Gasteiger partial charge on any atom is 0.258 e. The lowest BCUT2D eigenvalue weighted by Gasteiger charge is -2.35. The molecule has 6 rings (SSSR count). The summed E-state index contributed by atoms with van der Waals surface area (Å²) in [5.41, 5.74) is 1.27. The first-order chi connectivity index (χ1) is 17.1. The van der Waals surface area contributed by atoms with Crippen LogP contribution < -0.4 is 15.1 Å². The van der Waals surface area contributed by atoms with E-state index in [4.69, 9.17) is 0 Å². The summed E-state index contributed by atoms with van der Waals surface area (Å²) in [5, 5.41) is 2.86. The van der Waals surface area contributed by atoms with Gasteiger partial charge >= 0.3 is 0 Å². The normalized spacial score (nSPS) is 23.2. The molecular formula is C26H28F2IN5O2. The van der Waals surface area contributed by atoms with E-state index in [0.29, 0.717) is 22.5 Å². The first-order valence-electron chi connectivity index (χ1n) is 12.5. The van der Waals surface area contributed by atoms with Crippen LogP contribution in [0.1, 0.15) is 67.4 Å². The number of halogens is 3. The molecule has 190 valence electrons. The van der Waals surface area contributed by atoms with E-state index in [0.717, 1.165) is 35.2 Å². The molecule has 2 saturated carbocycles. The van der Waals surface area contributed by atoms with Gasteiger partial charge in [-0.05, 0) is 84.7 Å². The summed E-state index contributed by atoms with van der Waals surface area (Å²) in [4.78, 5) is 39.2. The lowest BCUT2D eigenvalue weighted by molar-refractivity contribution is -0.128. The first kappa shape index (κ1) is 24.0. The van der Waals surface area contributed by atoms with Crippen molar-refractivity contribution in [1.82, 2.24) is 9.97 Å². The van der Waals surface area contributed by atoms with Crippen molar-refractivity contribution in [3.05, 3.63) is 39.2 Å². The van der Waals surface area contributed by atoms with Crippen LogP contribution in [0.2, 0.25) is 0 Å². The van der Waals surface area contributed by atoms with Gasteiger partial charge in [0, 0.05) is 36.5 Å². The number of aromatic nitrogens is 2. The van der Waals surface area contributed by atoms with Crippen LogP contribution in [0.25, 0.3) is 0 Å². The average Bonchev–Trinajstić information content (AvgIpc) is 3.58. The van der Waals surface area contributed by atoms with E-state index in [1.165, 1.54) is 23.9 Å². The van der Waals surface area contributed by atoms with Gasteiger partial charge in [0.05, 0.1) is 22.9 Å². The van der Waals surface area contributed by atoms with Crippen molar-refractivity contribution in [2.75, 3.05) is 35.3 Å². The van der Waals surface area contributed by atoms with Gasteiger partial charge in [0.2, 0.25) is 11.8 Å². The maximum atomic E-state index is 13.9. The third-order valence-electron chi connectivity index (χ3n) is 8.64. The molecule has 3 heterocycles. The number of hydrogen-bond donors (Lipinski definition) is 1. The van der Waals surface area contributed by atoms with Gasteiger partial charge in [-0.3, -0.25) is 14.5 Å². The molecule has 1 saturated heterocycles. The Kier molecular flexibility index (Phi) is 5.55. The number of carbonyl (C=O) groups is 2. The number of carbonyl (C=O) groups excluding carboxylic acids is 2. The highest BCUT2D eigenvalue weighted by atomic mass is 127. The van der Waals surface area contributed by atoms with E-state index >= 15 is 0 Å². The Morgan fingerprint density at radius 3 is 2.42 bits per heavy atom. The molecule has 2 amide bonds. The van der Waals surface area contributed by atoms with E-state index in [-0.39, 0.29) is 43.3 Å². The smallest absolute Gasteiger partial charge is 0.258 e. The third-order valence-corrected chi connectivity index (χ3v) is 9.31. The summed E-state index contributed by atoms with van der Waals surface area (Å²) in [6, 6.07) is 5.78. The highest BCUT2D eigenvalue weighted by Crippen LogP contribution is 2.54. The second-order valence-electron chi connectivity index (χ2n) is 10.8. The second kappa shape index (κ2) is 8.32. The van der Waals surface area contributed by atoms with Crippen LogP contribution in [0.3, 0.4) is 0 Å². The molecule has 2 spiro atoms. The zero-order valence-electron chi connectivity index (χ0n) is 20.1.